The van der Waals surface area contributed by atoms with Crippen molar-refractivity contribution in [3.8, 4) is 0 Å². The number of anilines is 1. The number of nitrogens with zero attached hydrogens (tertiary/aromatic N) is 2. The number of rotatable bonds is 15. The second-order valence-corrected chi connectivity index (χ2v) is 41.0. The maximum atomic E-state index is 11.4. The zero-order valence-electron chi connectivity index (χ0n) is 30.6. The second kappa shape index (κ2) is 17.5. The molecule has 2 saturated heterocycles. The van der Waals surface area contributed by atoms with E-state index >= 15 is 0 Å². The van der Waals surface area contributed by atoms with Crippen molar-refractivity contribution in [3.05, 3.63) is 83.6 Å². The van der Waals surface area contributed by atoms with Crippen LogP contribution in [0.1, 0.15) is 64.5 Å². The Morgan fingerprint density at radius 3 is 2.02 bits per heavy atom. The third-order valence-electron chi connectivity index (χ3n) is 9.96. The van der Waals surface area contributed by atoms with E-state index in [4.69, 9.17) is 0 Å². The maximum absolute atomic E-state index is 11.4. The van der Waals surface area contributed by atoms with Crippen molar-refractivity contribution in [1.82, 2.24) is 0 Å². The van der Waals surface area contributed by atoms with E-state index in [9.17, 15) is 25.9 Å². The molecule has 4 aliphatic heterocycles. The Hall–Kier alpha value is -0.533. The van der Waals surface area contributed by atoms with Crippen molar-refractivity contribution in [2.45, 2.75) is 64.2 Å². The van der Waals surface area contributed by atoms with Gasteiger partial charge in [-0.25, -0.2) is 0 Å². The molecule has 53 heavy (non-hydrogen) atoms. The van der Waals surface area contributed by atoms with E-state index in [1.807, 2.05) is 0 Å². The molecule has 8 nitrogen and oxygen atoms in total. The van der Waals surface area contributed by atoms with Crippen LogP contribution in [0.25, 0.3) is 0 Å². The first-order chi connectivity index (χ1) is 25.1. The predicted molar refractivity (Wildman–Crippen MR) is 232 cm³/mol. The molecule has 2 aromatic rings. The minimum atomic E-state index is -4.25. The van der Waals surface area contributed by atoms with Crippen LogP contribution in [0.4, 0.5) is 11.4 Å². The van der Waals surface area contributed by atoms with Gasteiger partial charge < -0.3 is 0 Å². The Balaban J connectivity index is 1.27. The molecule has 0 radical (unpaired) electrons. The van der Waals surface area contributed by atoms with Crippen LogP contribution in [0.2, 0.25) is 0 Å². The number of unbranched alkanes of at least 4 members (excludes halogenated alkanes) is 2. The van der Waals surface area contributed by atoms with Gasteiger partial charge in [-0.15, -0.1) is 0 Å². The fraction of sp³-hybridized carbons (Fsp3) is 0.486. The fourth-order valence-electron chi connectivity index (χ4n) is 7.35. The van der Waals surface area contributed by atoms with Crippen LogP contribution in [-0.2, 0) is 31.1 Å². The van der Waals surface area contributed by atoms with Gasteiger partial charge in [-0.1, -0.05) is 0 Å². The minimum absolute atomic E-state index is 0.239. The van der Waals surface area contributed by atoms with Crippen LogP contribution < -0.4 is 13.6 Å². The summed E-state index contributed by atoms with van der Waals surface area (Å²) in [6.45, 7) is 10.3. The summed E-state index contributed by atoms with van der Waals surface area (Å²) in [6.07, 6.45) is 12.5. The number of hydrogen-bond donors (Lipinski definition) is 1. The van der Waals surface area contributed by atoms with Crippen LogP contribution in [0.15, 0.2) is 72.5 Å². The molecule has 2 fully saturated rings. The van der Waals surface area contributed by atoms with Crippen molar-refractivity contribution < 1.29 is 30.5 Å². The van der Waals surface area contributed by atoms with Crippen LogP contribution in [0, 0.1) is 0 Å². The number of hydrogen-bond acceptors (Lipinski definition) is 10. The molecule has 0 atom stereocenters. The second-order valence-electron chi connectivity index (χ2n) is 14.4. The van der Waals surface area contributed by atoms with Crippen LogP contribution in [0.3, 0.4) is 0 Å². The molecule has 288 valence electrons. The van der Waals surface area contributed by atoms with Gasteiger partial charge >= 0.3 is 342 Å². The third kappa shape index (κ3) is 10.1. The normalized spacial score (nSPS) is 21.2. The summed E-state index contributed by atoms with van der Waals surface area (Å²) in [4.78, 5) is 2.31. The van der Waals surface area contributed by atoms with Gasteiger partial charge in [0.25, 0.3) is 0 Å². The zero-order chi connectivity index (χ0) is 38.0. The molecule has 0 aliphatic carbocycles. The molecule has 0 bridgehead atoms. The van der Waals surface area contributed by atoms with Gasteiger partial charge in [-0.2, -0.15) is 0 Å². The van der Waals surface area contributed by atoms with Crippen LogP contribution in [0.5, 0.6) is 0 Å². The first kappa shape index (κ1) is 42.1. The third-order valence-corrected chi connectivity index (χ3v) is 39.0. The topological polar surface area (TPSA) is 118 Å². The zero-order valence-corrected chi connectivity index (χ0v) is 39.2. The standard InChI is InChI=1S/C37H48As2N2O6S6/c1-36(2)30-26-28(38-48-20-21-49-38)14-16-32(30)40(18-8-10-24-52(42,43)44)34(36)12-6-5-7-13-35-37(3,4)31-27-29(39-50-22-23-51-39)15-17-33(31)41(35)19-9-11-25-53(45,46)47/h5-7,12-17,26-27H,8-11,18-25H2,1-4H3,(H-,42,43,44,45,46,47). The molecule has 0 spiro atoms. The molecular formula is C37H48As2N2O6S6. The summed E-state index contributed by atoms with van der Waals surface area (Å²) in [5.41, 5.74) is 6.73. The molecule has 0 aromatic heterocycles. The van der Waals surface area contributed by atoms with E-state index < -0.39 is 44.9 Å². The van der Waals surface area contributed by atoms with Crippen LogP contribution in [-0.4, -0.2) is 109 Å². The van der Waals surface area contributed by atoms with Crippen molar-refractivity contribution in [2.24, 2.45) is 0 Å². The molecule has 0 amide bonds. The van der Waals surface area contributed by atoms with E-state index in [1.165, 1.54) is 48.5 Å². The number of fused-ring (bicyclic) bond motifs is 2. The van der Waals surface area contributed by atoms with E-state index in [2.05, 4.69) is 144 Å². The quantitative estimate of drug-likeness (QED) is 0.0724. The first-order valence-electron chi connectivity index (χ1n) is 17.8. The van der Waals surface area contributed by atoms with Crippen LogP contribution >= 0.6 is 40.1 Å². The van der Waals surface area contributed by atoms with Gasteiger partial charge in [0.1, 0.15) is 0 Å². The fourth-order valence-corrected chi connectivity index (χ4v) is 36.7. The van der Waals surface area contributed by atoms with Gasteiger partial charge in [0.15, 0.2) is 0 Å². The molecule has 6 rings (SSSR count). The van der Waals surface area contributed by atoms with E-state index in [0.717, 1.165) is 17.1 Å². The summed E-state index contributed by atoms with van der Waals surface area (Å²) >= 11 is -2.35. The Morgan fingerprint density at radius 1 is 0.792 bits per heavy atom. The molecule has 1 N–H and O–H groups in total. The summed E-state index contributed by atoms with van der Waals surface area (Å²) in [6, 6.07) is 13.9. The molecule has 0 saturated carbocycles. The van der Waals surface area contributed by atoms with E-state index in [-0.39, 0.29) is 22.3 Å². The summed E-state index contributed by atoms with van der Waals surface area (Å²) in [7, 11) is 0.297. The molecule has 4 aliphatic rings. The SMILES string of the molecule is CC1(C)C(/C=C/C=C/C=C2\N(CCCCS(=O)(=O)[O-])c3ccc([As]4SCCS4)cc3C2(C)C)=[N+](CCCCS(=O)(=O)O)c2ccc([As]3SCCS3)cc21. The molecule has 0 unspecified atom stereocenters. The molecule has 2 aromatic carbocycles. The average Bonchev–Trinajstić information content (AvgIpc) is 3.89. The van der Waals surface area contributed by atoms with Crippen molar-refractivity contribution >= 4 is 111 Å². The van der Waals surface area contributed by atoms with Gasteiger partial charge in [0.2, 0.25) is 0 Å². The Morgan fingerprint density at radius 2 is 1.40 bits per heavy atom. The monoisotopic (exact) mass is 958 g/mol. The molecular weight excluding hydrogens is 911 g/mol. The summed E-state index contributed by atoms with van der Waals surface area (Å²) < 4.78 is 71.4. The van der Waals surface area contributed by atoms with E-state index in [0.29, 0.717) is 38.8 Å². The predicted octanol–water partition coefficient (Wildman–Crippen LogP) is 6.20. The Kier molecular flexibility index (Phi) is 13.9. The van der Waals surface area contributed by atoms with Gasteiger partial charge in [-0.05, 0) is 0 Å². The van der Waals surface area contributed by atoms with Crippen molar-refractivity contribution in [1.29, 1.82) is 0 Å². The summed E-state index contributed by atoms with van der Waals surface area (Å²) in [5.74, 6) is 4.31. The number of allylic oxidation sites excluding steroid dienone is 6. The Labute approximate surface area is 338 Å². The van der Waals surface area contributed by atoms with Gasteiger partial charge in [0.05, 0.1) is 0 Å². The van der Waals surface area contributed by atoms with E-state index in [1.54, 1.807) is 0 Å². The molecule has 4 heterocycles. The van der Waals surface area contributed by atoms with Gasteiger partial charge in [-0.3, -0.25) is 0 Å². The first-order valence-corrected chi connectivity index (χ1v) is 35.9. The van der Waals surface area contributed by atoms with Gasteiger partial charge in [0, 0.05) is 0 Å². The number of benzene rings is 2. The average molecular weight is 959 g/mol. The molecule has 16 heteroatoms. The van der Waals surface area contributed by atoms with Crippen molar-refractivity contribution in [3.63, 3.8) is 0 Å². The van der Waals surface area contributed by atoms with Crippen molar-refractivity contribution in [2.75, 3.05) is 52.5 Å². The summed E-state index contributed by atoms with van der Waals surface area (Å²) in [5, 5.41) is 0. The Bertz CT molecular complexity index is 2040.